The number of likely N-dealkylation sites (N-methyl/N-ethyl adjacent to an activating group) is 1. The van der Waals surface area contributed by atoms with Crippen LogP contribution in [0.4, 0.5) is 0 Å². The van der Waals surface area contributed by atoms with Gasteiger partial charge in [-0.2, -0.15) is 0 Å². The van der Waals surface area contributed by atoms with Crippen molar-refractivity contribution in [3.05, 3.63) is 27.4 Å². The van der Waals surface area contributed by atoms with Crippen molar-refractivity contribution in [3.63, 3.8) is 0 Å². The van der Waals surface area contributed by atoms with Crippen LogP contribution in [0.1, 0.15) is 17.1 Å². The number of aromatic amines is 1. The van der Waals surface area contributed by atoms with Gasteiger partial charge >= 0.3 is 0 Å². The first-order chi connectivity index (χ1) is 6.54. The van der Waals surface area contributed by atoms with Crippen LogP contribution in [0.25, 0.3) is 0 Å². The molecule has 1 aromatic rings. The van der Waals surface area contributed by atoms with Gasteiger partial charge in [-0.25, -0.2) is 4.98 Å². The fourth-order valence-electron chi connectivity index (χ4n) is 1.21. The lowest BCUT2D eigenvalue weighted by Crippen LogP contribution is -2.26. The highest BCUT2D eigenvalue weighted by atomic mass is 16.1. The number of hydrogen-bond acceptors (Lipinski definition) is 3. The Morgan fingerprint density at radius 3 is 2.64 bits per heavy atom. The maximum atomic E-state index is 11.4. The summed E-state index contributed by atoms with van der Waals surface area (Å²) < 4.78 is 0. The van der Waals surface area contributed by atoms with Crippen molar-refractivity contribution in [2.24, 2.45) is 0 Å². The van der Waals surface area contributed by atoms with Crippen LogP contribution in [0.5, 0.6) is 0 Å². The lowest BCUT2D eigenvalue weighted by molar-refractivity contribution is -0.119. The van der Waals surface area contributed by atoms with Gasteiger partial charge in [0.1, 0.15) is 5.82 Å². The molecular formula is C9H13N3O2. The number of H-pyrrole nitrogens is 1. The average Bonchev–Trinajstić information content (AvgIpc) is 2.10. The van der Waals surface area contributed by atoms with E-state index < -0.39 is 0 Å². The van der Waals surface area contributed by atoms with Crippen molar-refractivity contribution >= 4 is 5.91 Å². The Bertz CT molecular complexity index is 409. The molecule has 1 heterocycles. The summed E-state index contributed by atoms with van der Waals surface area (Å²) in [4.78, 5) is 29.2. The van der Waals surface area contributed by atoms with E-state index >= 15 is 0 Å². The van der Waals surface area contributed by atoms with Gasteiger partial charge in [-0.05, 0) is 13.8 Å². The van der Waals surface area contributed by atoms with E-state index in [1.54, 1.807) is 13.8 Å². The van der Waals surface area contributed by atoms with Crippen molar-refractivity contribution in [2.45, 2.75) is 20.3 Å². The highest BCUT2D eigenvalue weighted by Crippen LogP contribution is 1.99. The number of nitrogens with one attached hydrogen (secondary N) is 2. The van der Waals surface area contributed by atoms with Crippen molar-refractivity contribution in [1.29, 1.82) is 0 Å². The molecular weight excluding hydrogens is 182 g/mol. The molecule has 0 radical (unpaired) electrons. The van der Waals surface area contributed by atoms with Crippen LogP contribution < -0.4 is 10.9 Å². The normalized spacial score (nSPS) is 9.93. The van der Waals surface area contributed by atoms with Gasteiger partial charge in [-0.15, -0.1) is 0 Å². The van der Waals surface area contributed by atoms with Crippen LogP contribution in [-0.2, 0) is 11.2 Å². The molecule has 0 spiro atoms. The fourth-order valence-corrected chi connectivity index (χ4v) is 1.21. The third-order valence-electron chi connectivity index (χ3n) is 1.96. The van der Waals surface area contributed by atoms with Crippen LogP contribution in [0, 0.1) is 13.8 Å². The first kappa shape index (κ1) is 10.4. The number of amides is 1. The van der Waals surface area contributed by atoms with E-state index in [4.69, 9.17) is 0 Å². The standard InChI is InChI=1S/C9H13N3O2/c1-5-7(4-8(13)10-3)9(14)12-6(2)11-5/h4H2,1-3H3,(H,10,13)(H,11,12,14). The predicted molar refractivity (Wildman–Crippen MR) is 52.1 cm³/mol. The van der Waals surface area contributed by atoms with Gasteiger partial charge in [0.25, 0.3) is 5.56 Å². The summed E-state index contributed by atoms with van der Waals surface area (Å²) in [6.07, 6.45) is 0.0744. The van der Waals surface area contributed by atoms with E-state index in [-0.39, 0.29) is 17.9 Å². The average molecular weight is 195 g/mol. The maximum Gasteiger partial charge on any atom is 0.254 e. The number of aromatic nitrogens is 2. The van der Waals surface area contributed by atoms with Crippen LogP contribution >= 0.6 is 0 Å². The minimum atomic E-state index is -0.237. The fraction of sp³-hybridized carbons (Fsp3) is 0.444. The Hall–Kier alpha value is -1.65. The molecule has 0 aromatic carbocycles. The smallest absolute Gasteiger partial charge is 0.254 e. The Balaban J connectivity index is 3.09. The van der Waals surface area contributed by atoms with Gasteiger partial charge < -0.3 is 10.3 Å². The second-order valence-corrected chi connectivity index (χ2v) is 3.07. The zero-order valence-electron chi connectivity index (χ0n) is 8.47. The Morgan fingerprint density at radius 1 is 1.50 bits per heavy atom. The number of nitrogens with zero attached hydrogens (tertiary/aromatic N) is 1. The lowest BCUT2D eigenvalue weighted by atomic mass is 10.1. The van der Waals surface area contributed by atoms with Crippen LogP contribution in [-0.4, -0.2) is 22.9 Å². The van der Waals surface area contributed by atoms with E-state index in [1.807, 2.05) is 0 Å². The first-order valence-electron chi connectivity index (χ1n) is 4.31. The van der Waals surface area contributed by atoms with Gasteiger partial charge in [0, 0.05) is 18.3 Å². The zero-order chi connectivity index (χ0) is 10.7. The second kappa shape index (κ2) is 4.04. The molecule has 0 saturated heterocycles. The van der Waals surface area contributed by atoms with Crippen molar-refractivity contribution in [3.8, 4) is 0 Å². The van der Waals surface area contributed by atoms with Gasteiger partial charge in [-0.1, -0.05) is 0 Å². The monoisotopic (exact) mass is 195 g/mol. The number of rotatable bonds is 2. The Labute approximate surface area is 81.6 Å². The molecule has 0 fully saturated rings. The van der Waals surface area contributed by atoms with Crippen LogP contribution in [0.15, 0.2) is 4.79 Å². The SMILES string of the molecule is CNC(=O)Cc1c(C)nc(C)[nH]c1=O. The molecule has 0 unspecified atom stereocenters. The molecule has 1 aromatic heterocycles. The van der Waals surface area contributed by atoms with Crippen LogP contribution in [0.2, 0.25) is 0 Å². The van der Waals surface area contributed by atoms with Gasteiger partial charge in [0.05, 0.1) is 6.42 Å². The summed E-state index contributed by atoms with van der Waals surface area (Å²) in [5, 5.41) is 2.46. The predicted octanol–water partition coefficient (Wildman–Crippen LogP) is -0.325. The minimum Gasteiger partial charge on any atom is -0.359 e. The maximum absolute atomic E-state index is 11.4. The highest BCUT2D eigenvalue weighted by molar-refractivity contribution is 5.78. The summed E-state index contributed by atoms with van der Waals surface area (Å²) in [6, 6.07) is 0. The van der Waals surface area contributed by atoms with Crippen molar-refractivity contribution in [2.75, 3.05) is 7.05 Å². The van der Waals surface area contributed by atoms with Crippen LogP contribution in [0.3, 0.4) is 0 Å². The van der Waals surface area contributed by atoms with E-state index in [1.165, 1.54) is 7.05 Å². The molecule has 5 heteroatoms. The zero-order valence-corrected chi connectivity index (χ0v) is 8.47. The summed E-state index contributed by atoms with van der Waals surface area (Å²) in [5.41, 5.74) is 0.795. The van der Waals surface area contributed by atoms with Gasteiger partial charge in [0.2, 0.25) is 5.91 Å². The summed E-state index contributed by atoms with van der Waals surface area (Å²) in [5.74, 6) is 0.373. The molecule has 5 nitrogen and oxygen atoms in total. The molecule has 0 aliphatic carbocycles. The number of hydrogen-bond donors (Lipinski definition) is 2. The van der Waals surface area contributed by atoms with E-state index in [0.29, 0.717) is 17.1 Å². The lowest BCUT2D eigenvalue weighted by Gasteiger charge is -2.03. The topological polar surface area (TPSA) is 74.8 Å². The molecule has 1 rings (SSSR count). The van der Waals surface area contributed by atoms with Gasteiger partial charge in [0.15, 0.2) is 0 Å². The minimum absolute atomic E-state index is 0.0744. The summed E-state index contributed by atoms with van der Waals surface area (Å²) in [7, 11) is 1.54. The van der Waals surface area contributed by atoms with Crippen molar-refractivity contribution < 1.29 is 4.79 Å². The highest BCUT2D eigenvalue weighted by Gasteiger charge is 2.09. The Kier molecular flexibility index (Phi) is 3.01. The molecule has 1 amide bonds. The van der Waals surface area contributed by atoms with E-state index in [2.05, 4.69) is 15.3 Å². The molecule has 0 aliphatic rings. The molecule has 14 heavy (non-hydrogen) atoms. The molecule has 2 N–H and O–H groups in total. The molecule has 0 aliphatic heterocycles. The summed E-state index contributed by atoms with van der Waals surface area (Å²) >= 11 is 0. The van der Waals surface area contributed by atoms with E-state index in [0.717, 1.165) is 0 Å². The first-order valence-corrected chi connectivity index (χ1v) is 4.31. The number of carbonyl (C=O) groups excluding carboxylic acids is 1. The quantitative estimate of drug-likeness (QED) is 0.678. The molecule has 0 bridgehead atoms. The third kappa shape index (κ3) is 2.18. The molecule has 76 valence electrons. The van der Waals surface area contributed by atoms with Gasteiger partial charge in [-0.3, -0.25) is 9.59 Å². The Morgan fingerprint density at radius 2 is 2.14 bits per heavy atom. The van der Waals surface area contributed by atoms with Crippen molar-refractivity contribution in [1.82, 2.24) is 15.3 Å². The van der Waals surface area contributed by atoms with E-state index in [9.17, 15) is 9.59 Å². The summed E-state index contributed by atoms with van der Waals surface area (Å²) in [6.45, 7) is 3.43. The largest absolute Gasteiger partial charge is 0.359 e. The molecule has 0 atom stereocenters. The number of aryl methyl sites for hydroxylation is 2. The third-order valence-corrected chi connectivity index (χ3v) is 1.96. The molecule has 0 saturated carbocycles. The second-order valence-electron chi connectivity index (χ2n) is 3.07. The number of carbonyl (C=O) groups is 1.